The number of unbranched alkanes of at least 4 members (excludes halogenated alkanes) is 2. The van der Waals surface area contributed by atoms with Gasteiger partial charge < -0.3 is 25.7 Å². The van der Waals surface area contributed by atoms with Crippen LogP contribution in [0.3, 0.4) is 0 Å². The maximum atomic E-state index is 12.4. The van der Waals surface area contributed by atoms with Gasteiger partial charge in [0.15, 0.2) is 0 Å². The summed E-state index contributed by atoms with van der Waals surface area (Å²) >= 11 is 0. The predicted octanol–water partition coefficient (Wildman–Crippen LogP) is 4.78. The molecule has 0 aliphatic carbocycles. The van der Waals surface area contributed by atoms with E-state index in [9.17, 15) is 14.4 Å². The number of nitrogens with one attached hydrogen (secondary N) is 4. The number of carbonyl (C=O) groups excluding carboxylic acids is 3. The Morgan fingerprint density at radius 2 is 1.56 bits per heavy atom. The zero-order valence-electron chi connectivity index (χ0n) is 19.2. The second-order valence-electron chi connectivity index (χ2n) is 7.83. The number of carbonyl (C=O) groups is 3. The summed E-state index contributed by atoms with van der Waals surface area (Å²) in [5.74, 6) is 0.113. The minimum Gasteiger partial charge on any atom is -0.467 e. The van der Waals surface area contributed by atoms with Gasteiger partial charge in [0.05, 0.1) is 19.4 Å². The molecule has 0 radical (unpaired) electrons. The SMILES string of the molecule is CCCCCC(=O)Nc1cccc(NCC(=O)Nc2cccc(C(=O)NCc3ccco3)c2)c1. The molecule has 0 spiro atoms. The lowest BCUT2D eigenvalue weighted by Gasteiger charge is -2.11. The Bertz CT molecular complexity index is 1100. The Hall–Kier alpha value is -4.07. The molecule has 34 heavy (non-hydrogen) atoms. The van der Waals surface area contributed by atoms with Crippen LogP contribution in [0.15, 0.2) is 71.3 Å². The summed E-state index contributed by atoms with van der Waals surface area (Å²) in [5.41, 5.74) is 2.35. The van der Waals surface area contributed by atoms with E-state index in [4.69, 9.17) is 4.42 Å². The minimum atomic E-state index is -0.265. The Morgan fingerprint density at radius 3 is 2.32 bits per heavy atom. The second kappa shape index (κ2) is 12.8. The molecular weight excluding hydrogens is 432 g/mol. The van der Waals surface area contributed by atoms with Gasteiger partial charge in [0.2, 0.25) is 11.8 Å². The lowest BCUT2D eigenvalue weighted by Crippen LogP contribution is -2.24. The van der Waals surface area contributed by atoms with Gasteiger partial charge in [0.1, 0.15) is 5.76 Å². The summed E-state index contributed by atoms with van der Waals surface area (Å²) in [7, 11) is 0. The van der Waals surface area contributed by atoms with Crippen molar-refractivity contribution in [2.75, 3.05) is 22.5 Å². The van der Waals surface area contributed by atoms with Crippen LogP contribution in [0.2, 0.25) is 0 Å². The topological polar surface area (TPSA) is 112 Å². The van der Waals surface area contributed by atoms with E-state index in [1.54, 1.807) is 48.7 Å². The highest BCUT2D eigenvalue weighted by Gasteiger charge is 2.09. The third-order valence-electron chi connectivity index (χ3n) is 5.02. The number of anilines is 3. The molecule has 0 saturated heterocycles. The molecule has 0 aliphatic heterocycles. The number of rotatable bonds is 12. The number of amides is 3. The van der Waals surface area contributed by atoms with E-state index in [0.29, 0.717) is 34.8 Å². The first-order chi connectivity index (χ1) is 16.5. The van der Waals surface area contributed by atoms with E-state index in [1.807, 2.05) is 18.2 Å². The van der Waals surface area contributed by atoms with Crippen LogP contribution in [-0.2, 0) is 16.1 Å². The molecule has 2 aromatic carbocycles. The van der Waals surface area contributed by atoms with Crippen molar-refractivity contribution < 1.29 is 18.8 Å². The molecule has 178 valence electrons. The zero-order valence-corrected chi connectivity index (χ0v) is 19.2. The highest BCUT2D eigenvalue weighted by molar-refractivity contribution is 5.98. The van der Waals surface area contributed by atoms with E-state index >= 15 is 0 Å². The largest absolute Gasteiger partial charge is 0.467 e. The fourth-order valence-electron chi connectivity index (χ4n) is 3.27. The van der Waals surface area contributed by atoms with E-state index in [-0.39, 0.29) is 30.8 Å². The molecule has 4 N–H and O–H groups in total. The van der Waals surface area contributed by atoms with Gasteiger partial charge in [-0.2, -0.15) is 0 Å². The van der Waals surface area contributed by atoms with Crippen LogP contribution in [0, 0.1) is 0 Å². The van der Waals surface area contributed by atoms with Crippen molar-refractivity contribution >= 4 is 34.8 Å². The Morgan fingerprint density at radius 1 is 0.824 bits per heavy atom. The third kappa shape index (κ3) is 8.12. The van der Waals surface area contributed by atoms with Crippen molar-refractivity contribution in [3.8, 4) is 0 Å². The summed E-state index contributed by atoms with van der Waals surface area (Å²) in [6, 6.07) is 17.5. The van der Waals surface area contributed by atoms with Crippen LogP contribution in [0.4, 0.5) is 17.1 Å². The van der Waals surface area contributed by atoms with Gasteiger partial charge in [-0.1, -0.05) is 31.9 Å². The number of benzene rings is 2. The fraction of sp³-hybridized carbons (Fsp3) is 0.269. The molecule has 8 heteroatoms. The van der Waals surface area contributed by atoms with E-state index in [2.05, 4.69) is 28.2 Å². The lowest BCUT2D eigenvalue weighted by molar-refractivity contribution is -0.116. The molecule has 3 amide bonds. The summed E-state index contributed by atoms with van der Waals surface area (Å²) in [6.07, 6.45) is 5.01. The second-order valence-corrected chi connectivity index (χ2v) is 7.83. The maximum Gasteiger partial charge on any atom is 0.251 e. The Kier molecular flexibility index (Phi) is 9.28. The van der Waals surface area contributed by atoms with Gasteiger partial charge in [-0.15, -0.1) is 0 Å². The van der Waals surface area contributed by atoms with Crippen LogP contribution < -0.4 is 21.3 Å². The average molecular weight is 463 g/mol. The van der Waals surface area contributed by atoms with Crippen molar-refractivity contribution in [2.24, 2.45) is 0 Å². The lowest BCUT2D eigenvalue weighted by atomic mass is 10.2. The molecule has 1 heterocycles. The molecular formula is C26H30N4O4. The summed E-state index contributed by atoms with van der Waals surface area (Å²) in [5, 5.41) is 11.5. The smallest absolute Gasteiger partial charge is 0.251 e. The molecule has 3 rings (SSSR count). The van der Waals surface area contributed by atoms with Gasteiger partial charge in [0, 0.05) is 29.0 Å². The maximum absolute atomic E-state index is 12.4. The molecule has 0 bridgehead atoms. The van der Waals surface area contributed by atoms with Crippen molar-refractivity contribution in [1.29, 1.82) is 0 Å². The van der Waals surface area contributed by atoms with Crippen molar-refractivity contribution in [1.82, 2.24) is 5.32 Å². The highest BCUT2D eigenvalue weighted by atomic mass is 16.3. The number of hydrogen-bond acceptors (Lipinski definition) is 5. The molecule has 0 fully saturated rings. The predicted molar refractivity (Wildman–Crippen MR) is 133 cm³/mol. The Labute approximate surface area is 199 Å². The van der Waals surface area contributed by atoms with E-state index < -0.39 is 0 Å². The first-order valence-corrected chi connectivity index (χ1v) is 11.4. The minimum absolute atomic E-state index is 0.0172. The zero-order chi connectivity index (χ0) is 24.2. The van der Waals surface area contributed by atoms with Gasteiger partial charge >= 0.3 is 0 Å². The molecule has 0 aliphatic rings. The average Bonchev–Trinajstić information content (AvgIpc) is 3.36. The van der Waals surface area contributed by atoms with Crippen LogP contribution in [0.1, 0.15) is 48.7 Å². The standard InChI is InChI=1S/C26H30N4O4/c1-2-3-4-13-24(31)29-22-11-6-9-20(16-22)27-18-25(32)30-21-10-5-8-19(15-21)26(33)28-17-23-12-7-14-34-23/h5-12,14-16,27H,2-4,13,17-18H2,1H3,(H,28,33)(H,29,31)(H,30,32). The van der Waals surface area contributed by atoms with Gasteiger partial charge in [-0.3, -0.25) is 14.4 Å². The van der Waals surface area contributed by atoms with Crippen LogP contribution >= 0.6 is 0 Å². The normalized spacial score (nSPS) is 10.4. The van der Waals surface area contributed by atoms with Gasteiger partial charge in [-0.25, -0.2) is 0 Å². The van der Waals surface area contributed by atoms with Crippen LogP contribution in [-0.4, -0.2) is 24.3 Å². The molecule has 0 saturated carbocycles. The third-order valence-corrected chi connectivity index (χ3v) is 5.02. The van der Waals surface area contributed by atoms with E-state index in [1.165, 1.54) is 0 Å². The van der Waals surface area contributed by atoms with Gasteiger partial charge in [0.25, 0.3) is 5.91 Å². The Balaban J connectivity index is 1.47. The summed E-state index contributed by atoms with van der Waals surface area (Å²) in [4.78, 5) is 36.8. The first-order valence-electron chi connectivity index (χ1n) is 11.4. The monoisotopic (exact) mass is 462 g/mol. The van der Waals surface area contributed by atoms with Crippen molar-refractivity contribution in [3.05, 3.63) is 78.3 Å². The highest BCUT2D eigenvalue weighted by Crippen LogP contribution is 2.16. The molecule has 1 aromatic heterocycles. The first kappa shape index (κ1) is 24.6. The molecule has 3 aromatic rings. The van der Waals surface area contributed by atoms with E-state index in [0.717, 1.165) is 19.3 Å². The molecule has 8 nitrogen and oxygen atoms in total. The quantitative estimate of drug-likeness (QED) is 0.289. The fourth-order valence-corrected chi connectivity index (χ4v) is 3.27. The molecule has 0 unspecified atom stereocenters. The van der Waals surface area contributed by atoms with Crippen LogP contribution in [0.25, 0.3) is 0 Å². The summed E-state index contributed by atoms with van der Waals surface area (Å²) in [6.45, 7) is 2.41. The van der Waals surface area contributed by atoms with Gasteiger partial charge in [-0.05, 0) is 55.0 Å². The number of hydrogen-bond donors (Lipinski definition) is 4. The molecule has 0 atom stereocenters. The van der Waals surface area contributed by atoms with Crippen LogP contribution in [0.5, 0.6) is 0 Å². The summed E-state index contributed by atoms with van der Waals surface area (Å²) < 4.78 is 5.21. The van der Waals surface area contributed by atoms with Crippen molar-refractivity contribution in [2.45, 2.75) is 39.2 Å². The number of furan rings is 1. The van der Waals surface area contributed by atoms with Crippen molar-refractivity contribution in [3.63, 3.8) is 0 Å².